The van der Waals surface area contributed by atoms with Gasteiger partial charge in [0.25, 0.3) is 0 Å². The number of aliphatic carboxylic acids is 1. The van der Waals surface area contributed by atoms with Crippen molar-refractivity contribution >= 4 is 29.1 Å². The van der Waals surface area contributed by atoms with Crippen molar-refractivity contribution in [2.24, 2.45) is 0 Å². The molecule has 6 nitrogen and oxygen atoms in total. The van der Waals surface area contributed by atoms with Gasteiger partial charge in [0.2, 0.25) is 5.95 Å². The number of rotatable bonds is 6. The van der Waals surface area contributed by atoms with Crippen LogP contribution in [0.2, 0.25) is 0 Å². The first-order chi connectivity index (χ1) is 10.3. The van der Waals surface area contributed by atoms with Crippen LogP contribution in [0.5, 0.6) is 0 Å². The second kappa shape index (κ2) is 6.60. The third kappa shape index (κ3) is 4.58. The molecule has 0 spiro atoms. The smallest absolute Gasteiger partial charge is 0.433 e. The molecular formula is C12H11F3N4O2S. The first-order valence-electron chi connectivity index (χ1n) is 6.03. The number of hydrogen-bond donors (Lipinski definition) is 3. The van der Waals surface area contributed by atoms with Crippen LogP contribution in [0.4, 0.5) is 24.9 Å². The standard InChI is InChI=1S/C12H11F3N4O2S/c13-12(14,15)8-4-9(16-5-7-2-1-3-22-7)19-11(18-8)17-6-10(20)21/h1-4H,5-6H2,(H,20,21)(H2,16,17,18,19). The molecule has 0 aliphatic rings. The van der Waals surface area contributed by atoms with Crippen LogP contribution in [0, 0.1) is 0 Å². The van der Waals surface area contributed by atoms with Crippen molar-refractivity contribution in [2.75, 3.05) is 17.2 Å². The quantitative estimate of drug-likeness (QED) is 0.754. The van der Waals surface area contributed by atoms with E-state index < -0.39 is 30.3 Å². The second-order valence-corrected chi connectivity index (χ2v) is 5.17. The third-order valence-electron chi connectivity index (χ3n) is 2.44. The van der Waals surface area contributed by atoms with Crippen molar-refractivity contribution < 1.29 is 23.1 Å². The molecule has 0 saturated heterocycles. The predicted octanol–water partition coefficient (Wildman–Crippen LogP) is 2.67. The molecule has 2 heterocycles. The highest BCUT2D eigenvalue weighted by atomic mass is 32.1. The maximum Gasteiger partial charge on any atom is 0.433 e. The van der Waals surface area contributed by atoms with E-state index in [2.05, 4.69) is 20.6 Å². The average Bonchev–Trinajstić information content (AvgIpc) is 2.95. The zero-order chi connectivity index (χ0) is 16.2. The number of aromatic nitrogens is 2. The van der Waals surface area contributed by atoms with E-state index in [9.17, 15) is 18.0 Å². The number of carboxylic acid groups (broad SMARTS) is 1. The number of alkyl halides is 3. The summed E-state index contributed by atoms with van der Waals surface area (Å²) >= 11 is 1.45. The SMILES string of the molecule is O=C(O)CNc1nc(NCc2cccs2)cc(C(F)(F)F)n1. The van der Waals surface area contributed by atoms with Crippen LogP contribution in [-0.4, -0.2) is 27.6 Å². The molecule has 2 aromatic heterocycles. The van der Waals surface area contributed by atoms with Crippen molar-refractivity contribution in [1.82, 2.24) is 9.97 Å². The van der Waals surface area contributed by atoms with Crippen molar-refractivity contribution in [3.8, 4) is 0 Å². The van der Waals surface area contributed by atoms with E-state index in [1.165, 1.54) is 11.3 Å². The van der Waals surface area contributed by atoms with E-state index >= 15 is 0 Å². The number of nitrogens with zero attached hydrogens (tertiary/aromatic N) is 2. The summed E-state index contributed by atoms with van der Waals surface area (Å²) < 4.78 is 38.4. The third-order valence-corrected chi connectivity index (χ3v) is 3.31. The topological polar surface area (TPSA) is 87.1 Å². The Hall–Kier alpha value is -2.36. The number of nitrogens with one attached hydrogen (secondary N) is 2. The Bertz CT molecular complexity index is 646. The fraction of sp³-hybridized carbons (Fsp3) is 0.250. The first kappa shape index (κ1) is 16.0. The Morgan fingerprint density at radius 3 is 2.68 bits per heavy atom. The molecule has 2 aromatic rings. The van der Waals surface area contributed by atoms with Gasteiger partial charge in [-0.15, -0.1) is 11.3 Å². The summed E-state index contributed by atoms with van der Waals surface area (Å²) in [5.41, 5.74) is -1.15. The molecule has 0 amide bonds. The minimum atomic E-state index is -4.65. The molecule has 22 heavy (non-hydrogen) atoms. The Kier molecular flexibility index (Phi) is 4.81. The summed E-state index contributed by atoms with van der Waals surface area (Å²) in [4.78, 5) is 18.5. The molecule has 0 aromatic carbocycles. The summed E-state index contributed by atoms with van der Waals surface area (Å²) in [5, 5.41) is 15.4. The molecule has 3 N–H and O–H groups in total. The molecule has 0 bridgehead atoms. The molecular weight excluding hydrogens is 321 g/mol. The Morgan fingerprint density at radius 1 is 1.32 bits per heavy atom. The van der Waals surface area contributed by atoms with Crippen LogP contribution >= 0.6 is 11.3 Å². The normalized spacial score (nSPS) is 11.2. The summed E-state index contributed by atoms with van der Waals surface area (Å²) in [6.07, 6.45) is -4.65. The van der Waals surface area contributed by atoms with Crippen LogP contribution < -0.4 is 10.6 Å². The van der Waals surface area contributed by atoms with Gasteiger partial charge in [0.1, 0.15) is 12.4 Å². The second-order valence-electron chi connectivity index (χ2n) is 4.14. The molecule has 0 aliphatic heterocycles. The number of carboxylic acids is 1. The maximum atomic E-state index is 12.8. The van der Waals surface area contributed by atoms with Crippen molar-refractivity contribution in [2.45, 2.75) is 12.7 Å². The van der Waals surface area contributed by atoms with Crippen molar-refractivity contribution in [3.05, 3.63) is 34.2 Å². The summed E-state index contributed by atoms with van der Waals surface area (Å²) in [6, 6.07) is 4.43. The Labute approximate surface area is 127 Å². The van der Waals surface area contributed by atoms with Gasteiger partial charge in [0, 0.05) is 10.9 Å². The van der Waals surface area contributed by atoms with Crippen LogP contribution in [0.3, 0.4) is 0 Å². The Balaban J connectivity index is 2.19. The minimum absolute atomic E-state index is 0.0383. The molecule has 10 heteroatoms. The summed E-state index contributed by atoms with van der Waals surface area (Å²) in [6.45, 7) is -0.268. The number of hydrogen-bond acceptors (Lipinski definition) is 6. The lowest BCUT2D eigenvalue weighted by Gasteiger charge is -2.11. The van der Waals surface area contributed by atoms with Gasteiger partial charge >= 0.3 is 12.1 Å². The molecule has 0 radical (unpaired) electrons. The highest BCUT2D eigenvalue weighted by Gasteiger charge is 2.33. The van der Waals surface area contributed by atoms with Gasteiger partial charge in [0.05, 0.1) is 6.54 Å². The maximum absolute atomic E-state index is 12.8. The highest BCUT2D eigenvalue weighted by Crippen LogP contribution is 2.29. The minimum Gasteiger partial charge on any atom is -0.480 e. The van der Waals surface area contributed by atoms with Gasteiger partial charge in [-0.3, -0.25) is 4.79 Å². The van der Waals surface area contributed by atoms with Crippen LogP contribution in [-0.2, 0) is 17.5 Å². The average molecular weight is 332 g/mol. The molecule has 0 unspecified atom stereocenters. The number of halogens is 3. The molecule has 0 saturated carbocycles. The van der Waals surface area contributed by atoms with E-state index in [0.29, 0.717) is 6.54 Å². The van der Waals surface area contributed by atoms with Crippen LogP contribution in [0.1, 0.15) is 10.6 Å². The van der Waals surface area contributed by atoms with E-state index in [0.717, 1.165) is 10.9 Å². The lowest BCUT2D eigenvalue weighted by atomic mass is 10.3. The van der Waals surface area contributed by atoms with Crippen molar-refractivity contribution in [1.29, 1.82) is 0 Å². The zero-order valence-electron chi connectivity index (χ0n) is 11.0. The molecule has 0 atom stereocenters. The van der Waals surface area contributed by atoms with Gasteiger partial charge in [-0.25, -0.2) is 4.98 Å². The van der Waals surface area contributed by atoms with Crippen molar-refractivity contribution in [3.63, 3.8) is 0 Å². The van der Waals surface area contributed by atoms with Gasteiger partial charge < -0.3 is 15.7 Å². The molecule has 0 aliphatic carbocycles. The highest BCUT2D eigenvalue weighted by molar-refractivity contribution is 7.09. The van der Waals surface area contributed by atoms with Gasteiger partial charge in [0.15, 0.2) is 5.69 Å². The fourth-order valence-corrected chi connectivity index (χ4v) is 2.15. The van der Waals surface area contributed by atoms with E-state index in [1.54, 1.807) is 0 Å². The summed E-state index contributed by atoms with van der Waals surface area (Å²) in [5.74, 6) is -1.66. The number of carbonyl (C=O) groups is 1. The lowest BCUT2D eigenvalue weighted by Crippen LogP contribution is -2.18. The van der Waals surface area contributed by atoms with E-state index in [-0.39, 0.29) is 5.82 Å². The van der Waals surface area contributed by atoms with Crippen LogP contribution in [0.25, 0.3) is 0 Å². The number of thiophene rings is 1. The fourth-order valence-electron chi connectivity index (χ4n) is 1.51. The van der Waals surface area contributed by atoms with Gasteiger partial charge in [-0.2, -0.15) is 18.2 Å². The molecule has 0 fully saturated rings. The molecule has 118 valence electrons. The monoisotopic (exact) mass is 332 g/mol. The first-order valence-corrected chi connectivity index (χ1v) is 6.91. The van der Waals surface area contributed by atoms with E-state index in [1.807, 2.05) is 17.5 Å². The van der Waals surface area contributed by atoms with Crippen LogP contribution in [0.15, 0.2) is 23.6 Å². The van der Waals surface area contributed by atoms with E-state index in [4.69, 9.17) is 5.11 Å². The van der Waals surface area contributed by atoms with Gasteiger partial charge in [-0.1, -0.05) is 6.07 Å². The Morgan fingerprint density at radius 2 is 2.09 bits per heavy atom. The largest absolute Gasteiger partial charge is 0.480 e. The molecule has 2 rings (SSSR count). The zero-order valence-corrected chi connectivity index (χ0v) is 11.8. The number of anilines is 2. The van der Waals surface area contributed by atoms with Gasteiger partial charge in [-0.05, 0) is 11.4 Å². The lowest BCUT2D eigenvalue weighted by molar-refractivity contribution is -0.141. The summed E-state index contributed by atoms with van der Waals surface area (Å²) in [7, 11) is 0. The predicted molar refractivity (Wildman–Crippen MR) is 74.8 cm³/mol.